The van der Waals surface area contributed by atoms with Gasteiger partial charge in [-0.05, 0) is 42.7 Å². The number of imidazole rings is 1. The molecular weight excluding hydrogens is 378 g/mol. The number of benzene rings is 1. The van der Waals surface area contributed by atoms with Crippen LogP contribution < -0.4 is 5.32 Å². The molecule has 150 valence electrons. The number of nitrogens with zero attached hydrogens (tertiary/aromatic N) is 5. The van der Waals surface area contributed by atoms with Crippen molar-refractivity contribution in [3.8, 4) is 6.07 Å². The largest absolute Gasteiger partial charge is 0.345 e. The van der Waals surface area contributed by atoms with Gasteiger partial charge in [0.15, 0.2) is 5.65 Å². The van der Waals surface area contributed by atoms with Crippen molar-refractivity contribution in [3.63, 3.8) is 0 Å². The third-order valence-electron chi connectivity index (χ3n) is 5.93. The number of nitriles is 1. The van der Waals surface area contributed by atoms with E-state index in [2.05, 4.69) is 32.7 Å². The number of aromatic amines is 1. The minimum Gasteiger partial charge on any atom is -0.345 e. The van der Waals surface area contributed by atoms with Gasteiger partial charge in [-0.3, -0.25) is 4.40 Å². The number of hydrogen-bond acceptors (Lipinski definition) is 4. The van der Waals surface area contributed by atoms with Crippen LogP contribution >= 0.6 is 0 Å². The van der Waals surface area contributed by atoms with E-state index in [1.54, 1.807) is 24.3 Å². The summed E-state index contributed by atoms with van der Waals surface area (Å²) >= 11 is 0. The van der Waals surface area contributed by atoms with Crippen LogP contribution in [0, 0.1) is 17.2 Å². The summed E-state index contributed by atoms with van der Waals surface area (Å²) in [5.74, 6) is 1.48. The van der Waals surface area contributed by atoms with Crippen LogP contribution in [0.4, 0.5) is 10.5 Å². The molecule has 0 aliphatic carbocycles. The SMILES string of the molecule is CC1CCN(C(=O)Nc2ccc(C#N)cc2)CC1c1ncc2cnc3[nH]ccc3n12. The maximum atomic E-state index is 12.9. The Hall–Kier alpha value is -3.86. The van der Waals surface area contributed by atoms with Crippen molar-refractivity contribution in [1.29, 1.82) is 5.26 Å². The highest BCUT2D eigenvalue weighted by Gasteiger charge is 2.33. The highest BCUT2D eigenvalue weighted by atomic mass is 16.2. The van der Waals surface area contributed by atoms with Gasteiger partial charge in [-0.25, -0.2) is 14.8 Å². The lowest BCUT2D eigenvalue weighted by Gasteiger charge is -2.36. The van der Waals surface area contributed by atoms with Crippen molar-refractivity contribution < 1.29 is 4.79 Å². The molecule has 0 bridgehead atoms. The summed E-state index contributed by atoms with van der Waals surface area (Å²) in [6.07, 6.45) is 6.44. The number of anilines is 1. The first-order chi connectivity index (χ1) is 14.6. The molecule has 2 amide bonds. The van der Waals surface area contributed by atoms with Crippen molar-refractivity contribution in [2.24, 2.45) is 5.92 Å². The Morgan fingerprint density at radius 3 is 2.83 bits per heavy atom. The lowest BCUT2D eigenvalue weighted by molar-refractivity contribution is 0.170. The van der Waals surface area contributed by atoms with Crippen molar-refractivity contribution in [2.75, 3.05) is 18.4 Å². The molecule has 2 unspecified atom stereocenters. The summed E-state index contributed by atoms with van der Waals surface area (Å²) in [4.78, 5) is 27.0. The molecule has 1 aliphatic rings. The standard InChI is InChI=1S/C22H21N7O/c1-14-7-9-28(22(30)27-16-4-2-15(10-23)3-5-16)13-18(14)21-26-12-17-11-25-20-19(29(17)21)6-8-24-20/h2-6,8,11-12,14,18,24H,7,9,13H2,1H3,(H,27,30). The first-order valence-electron chi connectivity index (χ1n) is 9.99. The van der Waals surface area contributed by atoms with Crippen LogP contribution in [0.1, 0.15) is 30.7 Å². The number of nitrogens with one attached hydrogen (secondary N) is 2. The van der Waals surface area contributed by atoms with Gasteiger partial charge in [-0.1, -0.05) is 6.92 Å². The van der Waals surface area contributed by atoms with Gasteiger partial charge in [0.1, 0.15) is 5.82 Å². The van der Waals surface area contributed by atoms with Crippen LogP contribution in [0.25, 0.3) is 16.7 Å². The molecule has 0 spiro atoms. The van der Waals surface area contributed by atoms with Crippen LogP contribution in [0.5, 0.6) is 0 Å². The van der Waals surface area contributed by atoms with Gasteiger partial charge in [0, 0.05) is 30.9 Å². The van der Waals surface area contributed by atoms with Gasteiger partial charge in [0.2, 0.25) is 0 Å². The fourth-order valence-electron chi connectivity index (χ4n) is 4.18. The molecule has 4 heterocycles. The number of carbonyl (C=O) groups is 1. The van der Waals surface area contributed by atoms with Gasteiger partial charge < -0.3 is 15.2 Å². The third kappa shape index (κ3) is 3.05. The third-order valence-corrected chi connectivity index (χ3v) is 5.93. The van der Waals surface area contributed by atoms with Gasteiger partial charge in [-0.2, -0.15) is 5.26 Å². The Morgan fingerprint density at radius 1 is 1.23 bits per heavy atom. The van der Waals surface area contributed by atoms with Gasteiger partial charge in [0.05, 0.1) is 35.1 Å². The molecule has 3 aromatic heterocycles. The molecule has 1 aliphatic heterocycles. The zero-order valence-electron chi connectivity index (χ0n) is 16.5. The first-order valence-corrected chi connectivity index (χ1v) is 9.99. The number of hydrogen-bond donors (Lipinski definition) is 2. The van der Waals surface area contributed by atoms with E-state index in [4.69, 9.17) is 10.2 Å². The van der Waals surface area contributed by atoms with Crippen molar-refractivity contribution in [3.05, 3.63) is 60.3 Å². The molecule has 1 fully saturated rings. The van der Waals surface area contributed by atoms with E-state index in [1.807, 2.05) is 29.6 Å². The molecule has 0 saturated carbocycles. The average Bonchev–Trinajstić information content (AvgIpc) is 3.41. The number of piperidine rings is 1. The zero-order valence-corrected chi connectivity index (χ0v) is 16.5. The average molecular weight is 399 g/mol. The number of urea groups is 1. The summed E-state index contributed by atoms with van der Waals surface area (Å²) in [6, 6.07) is 10.8. The normalized spacial score (nSPS) is 19.1. The highest BCUT2D eigenvalue weighted by molar-refractivity contribution is 5.89. The van der Waals surface area contributed by atoms with Gasteiger partial charge in [0.25, 0.3) is 0 Å². The molecule has 2 atom stereocenters. The van der Waals surface area contributed by atoms with Crippen molar-refractivity contribution >= 4 is 28.4 Å². The summed E-state index contributed by atoms with van der Waals surface area (Å²) in [7, 11) is 0. The van der Waals surface area contributed by atoms with Crippen LogP contribution in [-0.4, -0.2) is 43.4 Å². The second-order valence-corrected chi connectivity index (χ2v) is 7.78. The number of aromatic nitrogens is 4. The van der Waals surface area contributed by atoms with Crippen LogP contribution in [0.3, 0.4) is 0 Å². The monoisotopic (exact) mass is 399 g/mol. The lowest BCUT2D eigenvalue weighted by atomic mass is 9.86. The Balaban J connectivity index is 1.41. The fourth-order valence-corrected chi connectivity index (χ4v) is 4.18. The van der Waals surface area contributed by atoms with E-state index in [9.17, 15) is 4.79 Å². The molecule has 4 aromatic rings. The maximum Gasteiger partial charge on any atom is 0.321 e. The Labute approximate surface area is 173 Å². The molecule has 1 saturated heterocycles. The number of fused-ring (bicyclic) bond motifs is 3. The molecule has 5 rings (SSSR count). The van der Waals surface area contributed by atoms with Gasteiger partial charge >= 0.3 is 6.03 Å². The first kappa shape index (κ1) is 18.2. The summed E-state index contributed by atoms with van der Waals surface area (Å²) in [6.45, 7) is 3.51. The summed E-state index contributed by atoms with van der Waals surface area (Å²) in [5, 5.41) is 11.9. The Kier molecular flexibility index (Phi) is 4.36. The minimum absolute atomic E-state index is 0.119. The van der Waals surface area contributed by atoms with Crippen LogP contribution in [0.15, 0.2) is 48.9 Å². The second-order valence-electron chi connectivity index (χ2n) is 7.78. The molecule has 8 heteroatoms. The van der Waals surface area contributed by atoms with Gasteiger partial charge in [-0.15, -0.1) is 0 Å². The number of likely N-dealkylation sites (tertiary alicyclic amines) is 1. The van der Waals surface area contributed by atoms with Crippen LogP contribution in [0.2, 0.25) is 0 Å². The summed E-state index contributed by atoms with van der Waals surface area (Å²) in [5.41, 5.74) is 4.01. The van der Waals surface area contributed by atoms with E-state index >= 15 is 0 Å². The smallest absolute Gasteiger partial charge is 0.321 e. The molecule has 30 heavy (non-hydrogen) atoms. The molecule has 1 aromatic carbocycles. The highest BCUT2D eigenvalue weighted by Crippen LogP contribution is 2.33. The lowest BCUT2D eigenvalue weighted by Crippen LogP contribution is -2.44. The molecule has 0 radical (unpaired) electrons. The van der Waals surface area contributed by atoms with Crippen LogP contribution in [-0.2, 0) is 0 Å². The van der Waals surface area contributed by atoms with E-state index in [0.29, 0.717) is 30.3 Å². The number of rotatable bonds is 2. The topological polar surface area (TPSA) is 102 Å². The Bertz CT molecular complexity index is 1260. The summed E-state index contributed by atoms with van der Waals surface area (Å²) < 4.78 is 2.14. The second kappa shape index (κ2) is 7.19. The quantitative estimate of drug-likeness (QED) is 0.536. The predicted octanol–water partition coefficient (Wildman–Crippen LogP) is 3.74. The Morgan fingerprint density at radius 2 is 2.03 bits per heavy atom. The maximum absolute atomic E-state index is 12.9. The zero-order chi connectivity index (χ0) is 20.7. The van der Waals surface area contributed by atoms with E-state index < -0.39 is 0 Å². The number of H-pyrrole nitrogens is 1. The number of carbonyl (C=O) groups excluding carboxylic acids is 1. The minimum atomic E-state index is -0.133. The van der Waals surface area contributed by atoms with E-state index in [-0.39, 0.29) is 11.9 Å². The van der Waals surface area contributed by atoms with E-state index in [1.165, 1.54) is 0 Å². The van der Waals surface area contributed by atoms with E-state index in [0.717, 1.165) is 28.9 Å². The number of amides is 2. The molecular formula is C22H21N7O. The predicted molar refractivity (Wildman–Crippen MR) is 113 cm³/mol. The fraction of sp³-hybridized carbons (Fsp3) is 0.273. The molecule has 8 nitrogen and oxygen atoms in total. The van der Waals surface area contributed by atoms with Crippen molar-refractivity contribution in [1.82, 2.24) is 24.3 Å². The molecule has 2 N–H and O–H groups in total. The van der Waals surface area contributed by atoms with Crippen molar-refractivity contribution in [2.45, 2.75) is 19.3 Å².